The van der Waals surface area contributed by atoms with Gasteiger partial charge in [0, 0.05) is 29.2 Å². The zero-order chi connectivity index (χ0) is 18.3. The predicted molar refractivity (Wildman–Crippen MR) is 108 cm³/mol. The van der Waals surface area contributed by atoms with E-state index in [9.17, 15) is 4.79 Å². The zero-order valence-electron chi connectivity index (χ0n) is 14.9. The second-order valence-electron chi connectivity index (χ2n) is 6.46. The molecule has 2 heterocycles. The van der Waals surface area contributed by atoms with Crippen molar-refractivity contribution in [1.82, 2.24) is 9.78 Å². The van der Waals surface area contributed by atoms with Crippen molar-refractivity contribution in [3.8, 4) is 10.4 Å². The summed E-state index contributed by atoms with van der Waals surface area (Å²) in [6.07, 6.45) is 2.02. The number of rotatable bonds is 3. The molecule has 1 N–H and O–H groups in total. The first-order valence-corrected chi connectivity index (χ1v) is 9.24. The lowest BCUT2D eigenvalue weighted by molar-refractivity contribution is 0.103. The molecule has 2 aromatic heterocycles. The molecule has 130 valence electrons. The Morgan fingerprint density at radius 1 is 1.08 bits per heavy atom. The van der Waals surface area contributed by atoms with E-state index in [0.29, 0.717) is 4.88 Å². The summed E-state index contributed by atoms with van der Waals surface area (Å²) in [6, 6.07) is 15.9. The van der Waals surface area contributed by atoms with Crippen LogP contribution in [0.15, 0.2) is 54.7 Å². The molecule has 0 fully saturated rings. The summed E-state index contributed by atoms with van der Waals surface area (Å²) in [5.74, 6) is -0.0767. The average molecular weight is 361 g/mol. The molecule has 0 unspecified atom stereocenters. The molecule has 26 heavy (non-hydrogen) atoms. The molecule has 4 rings (SSSR count). The summed E-state index contributed by atoms with van der Waals surface area (Å²) < 4.78 is 1.82. The van der Waals surface area contributed by atoms with E-state index in [1.807, 2.05) is 61.2 Å². The molecule has 0 saturated heterocycles. The van der Waals surface area contributed by atoms with Gasteiger partial charge in [0.15, 0.2) is 0 Å². The Labute approximate surface area is 156 Å². The highest BCUT2D eigenvalue weighted by molar-refractivity contribution is 7.17. The first-order chi connectivity index (χ1) is 12.5. The lowest BCUT2D eigenvalue weighted by Crippen LogP contribution is -2.10. The molecular weight excluding hydrogens is 342 g/mol. The van der Waals surface area contributed by atoms with Crippen LogP contribution in [0.3, 0.4) is 0 Å². The Morgan fingerprint density at radius 2 is 1.88 bits per heavy atom. The third-order valence-corrected chi connectivity index (χ3v) is 5.57. The van der Waals surface area contributed by atoms with Gasteiger partial charge in [-0.1, -0.05) is 18.2 Å². The first kappa shape index (κ1) is 16.5. The summed E-state index contributed by atoms with van der Waals surface area (Å²) in [7, 11) is 1.92. The number of hydrogen-bond acceptors (Lipinski definition) is 3. The molecule has 0 atom stereocenters. The van der Waals surface area contributed by atoms with Crippen molar-refractivity contribution in [1.29, 1.82) is 0 Å². The number of para-hydroxylation sites is 1. The fourth-order valence-corrected chi connectivity index (χ4v) is 4.06. The maximum absolute atomic E-state index is 12.6. The van der Waals surface area contributed by atoms with Crippen LogP contribution >= 0.6 is 11.3 Å². The van der Waals surface area contributed by atoms with Crippen LogP contribution < -0.4 is 5.32 Å². The molecule has 2 aromatic carbocycles. The van der Waals surface area contributed by atoms with Gasteiger partial charge in [0.1, 0.15) is 0 Å². The van der Waals surface area contributed by atoms with Gasteiger partial charge in [-0.25, -0.2) is 0 Å². The van der Waals surface area contributed by atoms with E-state index in [-0.39, 0.29) is 5.91 Å². The number of carbonyl (C=O) groups is 1. The van der Waals surface area contributed by atoms with Gasteiger partial charge in [0.05, 0.1) is 10.4 Å². The smallest absolute Gasteiger partial charge is 0.265 e. The summed E-state index contributed by atoms with van der Waals surface area (Å²) in [6.45, 7) is 4.08. The SMILES string of the molecule is Cc1ccccc1NC(=O)c1ccc(-c2cc3nn(C)cc3cc2C)s1. The van der Waals surface area contributed by atoms with E-state index >= 15 is 0 Å². The normalized spacial score (nSPS) is 11.0. The molecule has 1 amide bonds. The van der Waals surface area contributed by atoms with E-state index in [0.717, 1.165) is 32.6 Å². The van der Waals surface area contributed by atoms with Crippen LogP contribution in [0.4, 0.5) is 5.69 Å². The number of fused-ring (bicyclic) bond motifs is 1. The molecule has 0 spiro atoms. The number of aryl methyl sites for hydroxylation is 3. The van der Waals surface area contributed by atoms with Gasteiger partial charge in [-0.05, 0) is 60.9 Å². The predicted octanol–water partition coefficient (Wildman–Crippen LogP) is 5.17. The Kier molecular flexibility index (Phi) is 4.09. The van der Waals surface area contributed by atoms with Crippen molar-refractivity contribution in [3.05, 3.63) is 70.7 Å². The summed E-state index contributed by atoms with van der Waals surface area (Å²) in [4.78, 5) is 14.4. The highest BCUT2D eigenvalue weighted by atomic mass is 32.1. The third kappa shape index (κ3) is 3.02. The highest BCUT2D eigenvalue weighted by Gasteiger charge is 2.14. The topological polar surface area (TPSA) is 46.9 Å². The standard InChI is InChI=1S/C21H19N3OS/c1-13-6-4-5-7-17(13)22-21(25)20-9-8-19(26-20)16-11-18-15(10-14(16)2)12-24(3)23-18/h4-12H,1-3H3,(H,22,25). The van der Waals surface area contributed by atoms with Crippen molar-refractivity contribution in [3.63, 3.8) is 0 Å². The number of carbonyl (C=O) groups excluding carboxylic acids is 1. The second kappa shape index (κ2) is 6.42. The van der Waals surface area contributed by atoms with E-state index in [1.165, 1.54) is 16.9 Å². The molecule has 5 heteroatoms. The number of hydrogen-bond donors (Lipinski definition) is 1. The Bertz CT molecular complexity index is 1120. The monoisotopic (exact) mass is 361 g/mol. The fraction of sp³-hybridized carbons (Fsp3) is 0.143. The molecule has 0 radical (unpaired) electrons. The van der Waals surface area contributed by atoms with Crippen LogP contribution in [-0.2, 0) is 7.05 Å². The molecule has 0 aliphatic rings. The number of aromatic nitrogens is 2. The highest BCUT2D eigenvalue weighted by Crippen LogP contribution is 2.33. The minimum atomic E-state index is -0.0767. The lowest BCUT2D eigenvalue weighted by Gasteiger charge is -2.06. The molecular formula is C21H19N3OS. The lowest BCUT2D eigenvalue weighted by atomic mass is 10.1. The largest absolute Gasteiger partial charge is 0.321 e. The summed E-state index contributed by atoms with van der Waals surface area (Å²) >= 11 is 1.50. The molecule has 4 nitrogen and oxygen atoms in total. The minimum absolute atomic E-state index is 0.0767. The van der Waals surface area contributed by atoms with E-state index in [1.54, 1.807) is 0 Å². The van der Waals surface area contributed by atoms with Gasteiger partial charge in [0.25, 0.3) is 5.91 Å². The van der Waals surface area contributed by atoms with Crippen molar-refractivity contribution in [2.75, 3.05) is 5.32 Å². The quantitative estimate of drug-likeness (QED) is 0.547. The van der Waals surface area contributed by atoms with Gasteiger partial charge in [-0.2, -0.15) is 5.10 Å². The van der Waals surface area contributed by atoms with Gasteiger partial charge in [0.2, 0.25) is 0 Å². The van der Waals surface area contributed by atoms with Gasteiger partial charge < -0.3 is 5.32 Å². The molecule has 0 aliphatic heterocycles. The first-order valence-electron chi connectivity index (χ1n) is 8.42. The van der Waals surface area contributed by atoms with Crippen LogP contribution in [0, 0.1) is 13.8 Å². The van der Waals surface area contributed by atoms with Crippen molar-refractivity contribution in [2.45, 2.75) is 13.8 Å². The Morgan fingerprint density at radius 3 is 2.69 bits per heavy atom. The van der Waals surface area contributed by atoms with Crippen molar-refractivity contribution >= 4 is 33.8 Å². The summed E-state index contributed by atoms with van der Waals surface area (Å²) in [5.41, 5.74) is 5.16. The van der Waals surface area contributed by atoms with Gasteiger partial charge in [-0.3, -0.25) is 9.48 Å². The molecule has 0 aliphatic carbocycles. The second-order valence-corrected chi connectivity index (χ2v) is 7.55. The zero-order valence-corrected chi connectivity index (χ0v) is 15.7. The van der Waals surface area contributed by atoms with Crippen molar-refractivity contribution < 1.29 is 4.79 Å². The van der Waals surface area contributed by atoms with Gasteiger partial charge in [-0.15, -0.1) is 11.3 Å². The Hall–Kier alpha value is -2.92. The van der Waals surface area contributed by atoms with Crippen LogP contribution in [0.25, 0.3) is 21.3 Å². The maximum atomic E-state index is 12.6. The summed E-state index contributed by atoms with van der Waals surface area (Å²) in [5, 5.41) is 8.61. The van der Waals surface area contributed by atoms with E-state index in [4.69, 9.17) is 0 Å². The Balaban J connectivity index is 1.64. The fourth-order valence-electron chi connectivity index (χ4n) is 3.08. The number of benzene rings is 2. The number of nitrogens with one attached hydrogen (secondary N) is 1. The van der Waals surface area contributed by atoms with Gasteiger partial charge >= 0.3 is 0 Å². The molecule has 0 saturated carbocycles. The van der Waals surface area contributed by atoms with Crippen molar-refractivity contribution in [2.24, 2.45) is 7.05 Å². The van der Waals surface area contributed by atoms with Crippen LogP contribution in [0.2, 0.25) is 0 Å². The average Bonchev–Trinajstić information content (AvgIpc) is 3.22. The van der Waals surface area contributed by atoms with Crippen LogP contribution in [0.5, 0.6) is 0 Å². The number of thiophene rings is 1. The van der Waals surface area contributed by atoms with Crippen LogP contribution in [0.1, 0.15) is 20.8 Å². The number of nitrogens with zero attached hydrogens (tertiary/aromatic N) is 2. The van der Waals surface area contributed by atoms with E-state index < -0.39 is 0 Å². The third-order valence-electron chi connectivity index (χ3n) is 4.45. The number of amides is 1. The maximum Gasteiger partial charge on any atom is 0.265 e. The minimum Gasteiger partial charge on any atom is -0.321 e. The molecule has 4 aromatic rings. The molecule has 0 bridgehead atoms. The number of anilines is 1. The van der Waals surface area contributed by atoms with E-state index in [2.05, 4.69) is 29.5 Å². The van der Waals surface area contributed by atoms with Crippen LogP contribution in [-0.4, -0.2) is 15.7 Å².